The topological polar surface area (TPSA) is 108 Å². The predicted molar refractivity (Wildman–Crippen MR) is 140 cm³/mol. The molecule has 198 valence electrons. The Morgan fingerprint density at radius 3 is 2.27 bits per heavy atom. The van der Waals surface area contributed by atoms with Crippen molar-refractivity contribution in [3.05, 3.63) is 70.3 Å². The minimum absolute atomic E-state index is 0.0942. The molecular formula is C28H36N4O5. The smallest absolute Gasteiger partial charge is 0.407 e. The molecule has 0 aromatic heterocycles. The number of nitrogens with one attached hydrogen (secondary N) is 1. The Bertz CT molecular complexity index is 1070. The van der Waals surface area contributed by atoms with Gasteiger partial charge in [-0.05, 0) is 74.7 Å². The number of alkyl carbamates (subject to hydrolysis) is 1. The number of carbonyl (C=O) groups is 1. The second-order valence-corrected chi connectivity index (χ2v) is 11.1. The largest absolute Gasteiger partial charge is 0.445 e. The van der Waals surface area contributed by atoms with E-state index in [9.17, 15) is 20.0 Å². The van der Waals surface area contributed by atoms with Gasteiger partial charge in [0.05, 0.1) is 10.5 Å². The number of rotatable bonds is 7. The lowest BCUT2D eigenvalue weighted by atomic mass is 9.60. The molecule has 5 rings (SSSR count). The highest BCUT2D eigenvalue weighted by Gasteiger charge is 2.47. The number of hydrogen-bond acceptors (Lipinski definition) is 7. The van der Waals surface area contributed by atoms with Gasteiger partial charge in [0, 0.05) is 43.5 Å². The van der Waals surface area contributed by atoms with E-state index in [2.05, 4.69) is 15.1 Å². The lowest BCUT2D eigenvalue weighted by molar-refractivity contribution is -0.384. The van der Waals surface area contributed by atoms with E-state index in [4.69, 9.17) is 4.74 Å². The van der Waals surface area contributed by atoms with Crippen LogP contribution in [0.5, 0.6) is 0 Å². The first-order valence-corrected chi connectivity index (χ1v) is 13.2. The Balaban J connectivity index is 1.01. The molecule has 2 aromatic rings. The zero-order valence-electron chi connectivity index (χ0n) is 21.2. The average molecular weight is 509 g/mol. The summed E-state index contributed by atoms with van der Waals surface area (Å²) in [4.78, 5) is 27.2. The van der Waals surface area contributed by atoms with Crippen molar-refractivity contribution in [1.82, 2.24) is 10.2 Å². The van der Waals surface area contributed by atoms with Crippen molar-refractivity contribution in [2.75, 3.05) is 37.6 Å². The highest BCUT2D eigenvalue weighted by molar-refractivity contribution is 5.67. The minimum atomic E-state index is -0.700. The van der Waals surface area contributed by atoms with E-state index >= 15 is 0 Å². The summed E-state index contributed by atoms with van der Waals surface area (Å²) in [6.07, 6.45) is 5.20. The SMILES string of the molecule is O=C(NC1CC2(CCN(CC3(O)CCN(c4ccc([N+](=O)[O-])cc4)CC3)CC2)C1)OCc1ccccc1. The molecule has 2 saturated heterocycles. The van der Waals surface area contributed by atoms with Gasteiger partial charge in [-0.15, -0.1) is 0 Å². The Hall–Kier alpha value is -3.17. The number of anilines is 1. The normalized spacial score (nSPS) is 21.3. The zero-order chi connectivity index (χ0) is 25.9. The monoisotopic (exact) mass is 508 g/mol. The average Bonchev–Trinajstić information content (AvgIpc) is 2.89. The number of β-amino-alcohol motifs (C(OH)–C–C–N with tert-alkyl or cyclic N) is 1. The fraction of sp³-hybridized carbons (Fsp3) is 0.536. The van der Waals surface area contributed by atoms with Crippen molar-refractivity contribution in [1.29, 1.82) is 0 Å². The van der Waals surface area contributed by atoms with Crippen LogP contribution in [-0.4, -0.2) is 65.4 Å². The summed E-state index contributed by atoms with van der Waals surface area (Å²) in [6, 6.07) is 16.5. The van der Waals surface area contributed by atoms with E-state index in [1.165, 1.54) is 12.1 Å². The lowest BCUT2D eigenvalue weighted by Crippen LogP contribution is -2.57. The number of aliphatic hydroxyl groups is 1. The molecule has 0 unspecified atom stereocenters. The van der Waals surface area contributed by atoms with E-state index in [-0.39, 0.29) is 29.4 Å². The van der Waals surface area contributed by atoms with Gasteiger partial charge in [0.1, 0.15) is 6.61 Å². The summed E-state index contributed by atoms with van der Waals surface area (Å²) in [5.74, 6) is 0. The predicted octanol–water partition coefficient (Wildman–Crippen LogP) is 4.10. The summed E-state index contributed by atoms with van der Waals surface area (Å²) >= 11 is 0. The van der Waals surface area contributed by atoms with Crippen molar-refractivity contribution in [3.63, 3.8) is 0 Å². The number of carbonyl (C=O) groups excluding carboxylic acids is 1. The number of nitro groups is 1. The van der Waals surface area contributed by atoms with Gasteiger partial charge in [-0.1, -0.05) is 30.3 Å². The molecule has 2 heterocycles. The lowest BCUT2D eigenvalue weighted by Gasteiger charge is -2.53. The summed E-state index contributed by atoms with van der Waals surface area (Å²) in [5.41, 5.74) is 1.64. The molecule has 37 heavy (non-hydrogen) atoms. The summed E-state index contributed by atoms with van der Waals surface area (Å²) in [5, 5.41) is 25.2. The third kappa shape index (κ3) is 6.22. The maximum Gasteiger partial charge on any atom is 0.407 e. The number of likely N-dealkylation sites (tertiary alicyclic amines) is 1. The van der Waals surface area contributed by atoms with Crippen LogP contribution in [0.15, 0.2) is 54.6 Å². The van der Waals surface area contributed by atoms with Gasteiger partial charge in [-0.25, -0.2) is 4.79 Å². The van der Waals surface area contributed by atoms with Crippen molar-refractivity contribution in [2.24, 2.45) is 5.41 Å². The number of ether oxygens (including phenoxy) is 1. The molecule has 3 fully saturated rings. The minimum Gasteiger partial charge on any atom is -0.445 e. The number of benzene rings is 2. The number of non-ortho nitro benzene ring substituents is 1. The van der Waals surface area contributed by atoms with Gasteiger partial charge in [0.2, 0.25) is 0 Å². The molecule has 0 bridgehead atoms. The summed E-state index contributed by atoms with van der Waals surface area (Å²) < 4.78 is 5.36. The molecule has 2 N–H and O–H groups in total. The quantitative estimate of drug-likeness (QED) is 0.428. The highest BCUT2D eigenvalue weighted by atomic mass is 16.6. The van der Waals surface area contributed by atoms with Crippen molar-refractivity contribution in [2.45, 2.75) is 56.8 Å². The second-order valence-electron chi connectivity index (χ2n) is 11.1. The molecule has 0 radical (unpaired) electrons. The van der Waals surface area contributed by atoms with E-state index in [1.54, 1.807) is 12.1 Å². The van der Waals surface area contributed by atoms with Gasteiger partial charge in [0.25, 0.3) is 5.69 Å². The molecule has 1 spiro atoms. The second kappa shape index (κ2) is 10.7. The van der Waals surface area contributed by atoms with Crippen LogP contribution in [0.1, 0.15) is 44.1 Å². The number of amides is 1. The fourth-order valence-electron chi connectivity index (χ4n) is 6.15. The van der Waals surface area contributed by atoms with Crippen LogP contribution < -0.4 is 10.2 Å². The summed E-state index contributed by atoms with van der Waals surface area (Å²) in [6.45, 7) is 4.39. The Morgan fingerprint density at radius 2 is 1.65 bits per heavy atom. The van der Waals surface area contributed by atoms with Crippen LogP contribution in [0.3, 0.4) is 0 Å². The molecule has 0 atom stereocenters. The molecule has 2 aromatic carbocycles. The molecule has 1 aliphatic carbocycles. The van der Waals surface area contributed by atoms with E-state index in [1.807, 2.05) is 30.3 Å². The van der Waals surface area contributed by atoms with Gasteiger partial charge in [-0.2, -0.15) is 0 Å². The highest BCUT2D eigenvalue weighted by Crippen LogP contribution is 2.49. The van der Waals surface area contributed by atoms with Crippen molar-refractivity contribution in [3.8, 4) is 0 Å². The first-order chi connectivity index (χ1) is 17.8. The Kier molecular flexibility index (Phi) is 7.35. The number of nitrogens with zero attached hydrogens (tertiary/aromatic N) is 3. The van der Waals surface area contributed by atoms with Crippen LogP contribution in [-0.2, 0) is 11.3 Å². The first-order valence-electron chi connectivity index (χ1n) is 13.2. The Morgan fingerprint density at radius 1 is 1.00 bits per heavy atom. The van der Waals surface area contributed by atoms with Crippen LogP contribution >= 0.6 is 0 Å². The standard InChI is InChI=1S/C28H36N4O5/c33-26(37-20-22-4-2-1-3-5-22)29-23-18-27(19-23)10-14-30(15-11-27)21-28(34)12-16-31(17-13-28)24-6-8-25(9-7-24)32(35)36/h1-9,23,34H,10-21H2,(H,29,33). The van der Waals surface area contributed by atoms with Gasteiger partial charge in [-0.3, -0.25) is 10.1 Å². The first kappa shape index (κ1) is 25.5. The van der Waals surface area contributed by atoms with E-state index in [0.717, 1.165) is 63.1 Å². The number of nitro benzene ring substituents is 1. The molecule has 9 nitrogen and oxygen atoms in total. The molecule has 1 saturated carbocycles. The van der Waals surface area contributed by atoms with E-state index in [0.29, 0.717) is 24.8 Å². The maximum absolute atomic E-state index is 12.2. The molecule has 9 heteroatoms. The number of hydrogen-bond donors (Lipinski definition) is 2. The Labute approximate surface area is 217 Å². The fourth-order valence-corrected chi connectivity index (χ4v) is 6.15. The molecule has 3 aliphatic rings. The van der Waals surface area contributed by atoms with Crippen molar-refractivity contribution >= 4 is 17.5 Å². The van der Waals surface area contributed by atoms with Crippen molar-refractivity contribution < 1.29 is 19.6 Å². The van der Waals surface area contributed by atoms with Gasteiger partial charge in [0.15, 0.2) is 0 Å². The number of piperidine rings is 2. The van der Waals surface area contributed by atoms with Crippen LogP contribution in [0.2, 0.25) is 0 Å². The summed E-state index contributed by atoms with van der Waals surface area (Å²) in [7, 11) is 0. The molecule has 1 amide bonds. The van der Waals surface area contributed by atoms with Gasteiger partial charge < -0.3 is 25.0 Å². The zero-order valence-corrected chi connectivity index (χ0v) is 21.2. The third-order valence-corrected chi connectivity index (χ3v) is 8.45. The van der Waals surface area contributed by atoms with Crippen LogP contribution in [0.25, 0.3) is 0 Å². The molecular weight excluding hydrogens is 472 g/mol. The van der Waals surface area contributed by atoms with E-state index < -0.39 is 5.60 Å². The maximum atomic E-state index is 12.2. The van der Waals surface area contributed by atoms with Gasteiger partial charge >= 0.3 is 6.09 Å². The third-order valence-electron chi connectivity index (χ3n) is 8.45. The molecule has 2 aliphatic heterocycles. The van der Waals surface area contributed by atoms with Crippen LogP contribution in [0.4, 0.5) is 16.2 Å². The van der Waals surface area contributed by atoms with Crippen LogP contribution in [0, 0.1) is 15.5 Å².